The summed E-state index contributed by atoms with van der Waals surface area (Å²) < 4.78 is 5.56. The van der Waals surface area contributed by atoms with Gasteiger partial charge < -0.3 is 19.2 Å². The molecule has 0 spiro atoms. The van der Waals surface area contributed by atoms with Crippen molar-refractivity contribution in [3.8, 4) is 11.1 Å². The van der Waals surface area contributed by atoms with Gasteiger partial charge in [0.05, 0.1) is 18.8 Å². The first kappa shape index (κ1) is 24.6. The van der Waals surface area contributed by atoms with E-state index in [1.54, 1.807) is 11.8 Å². The molecule has 37 heavy (non-hydrogen) atoms. The maximum atomic E-state index is 13.5. The van der Waals surface area contributed by atoms with Crippen LogP contribution in [0.1, 0.15) is 41.5 Å². The van der Waals surface area contributed by atoms with E-state index >= 15 is 0 Å². The largest absolute Gasteiger partial charge is 0.399 e. The molecule has 0 saturated carbocycles. The fourth-order valence-electron chi connectivity index (χ4n) is 4.83. The number of carbonyl (C=O) groups excluding carboxylic acids is 2. The molecule has 3 heterocycles. The molecule has 2 aromatic carbocycles. The molecule has 10 heteroatoms. The Morgan fingerprint density at radius 1 is 1.03 bits per heavy atom. The Balaban J connectivity index is 1.30. The third-order valence-electron chi connectivity index (χ3n) is 6.84. The van der Waals surface area contributed by atoms with E-state index in [1.165, 1.54) is 7.11 Å². The molecule has 0 unspecified atom stereocenters. The molecular weight excluding hydrogens is 472 g/mol. The van der Waals surface area contributed by atoms with Gasteiger partial charge in [-0.1, -0.05) is 52.8 Å². The summed E-state index contributed by atoms with van der Waals surface area (Å²) in [5.74, 6) is 0.905. The van der Waals surface area contributed by atoms with Crippen molar-refractivity contribution in [3.63, 3.8) is 0 Å². The first-order valence-corrected chi connectivity index (χ1v) is 12.4. The molecule has 1 atom stereocenters. The van der Waals surface area contributed by atoms with E-state index in [2.05, 4.69) is 20.2 Å². The summed E-state index contributed by atoms with van der Waals surface area (Å²) in [5.41, 5.74) is 3.46. The van der Waals surface area contributed by atoms with Crippen molar-refractivity contribution in [2.24, 2.45) is 5.16 Å². The minimum absolute atomic E-state index is 0.0916. The topological polar surface area (TPSA) is 104 Å². The van der Waals surface area contributed by atoms with Crippen LogP contribution >= 0.6 is 0 Å². The highest BCUT2D eigenvalue weighted by molar-refractivity contribution is 6.00. The number of aromatic nitrogens is 2. The minimum atomic E-state index is -0.401. The van der Waals surface area contributed by atoms with Crippen LogP contribution in [0.4, 0.5) is 0 Å². The highest BCUT2D eigenvalue weighted by atomic mass is 16.6. The van der Waals surface area contributed by atoms with Crippen LogP contribution in [0, 0.1) is 0 Å². The predicted octanol–water partition coefficient (Wildman–Crippen LogP) is 2.99. The zero-order valence-electron chi connectivity index (χ0n) is 21.0. The molecular formula is C27H30N6O4. The van der Waals surface area contributed by atoms with Crippen LogP contribution in [0.5, 0.6) is 0 Å². The summed E-state index contributed by atoms with van der Waals surface area (Å²) in [4.78, 5) is 40.5. The molecule has 0 aliphatic carbocycles. The van der Waals surface area contributed by atoms with E-state index < -0.39 is 6.04 Å². The van der Waals surface area contributed by atoms with E-state index in [4.69, 9.17) is 9.36 Å². The summed E-state index contributed by atoms with van der Waals surface area (Å²) in [5, 5.41) is 8.31. The fraction of sp³-hybridized carbons (Fsp3) is 0.370. The average molecular weight is 503 g/mol. The third kappa shape index (κ3) is 5.54. The number of rotatable bonds is 6. The zero-order valence-corrected chi connectivity index (χ0v) is 21.0. The second-order valence-corrected chi connectivity index (χ2v) is 9.26. The molecule has 5 rings (SSSR count). The Morgan fingerprint density at radius 2 is 1.73 bits per heavy atom. The molecule has 192 valence electrons. The number of likely N-dealkylation sites (tertiary alicyclic amines) is 1. The smallest absolute Gasteiger partial charge is 0.254 e. The minimum Gasteiger partial charge on any atom is -0.399 e. The maximum Gasteiger partial charge on any atom is 0.254 e. The number of nitrogens with zero attached hydrogens (tertiary/aromatic N) is 6. The van der Waals surface area contributed by atoms with Crippen LogP contribution < -0.4 is 0 Å². The molecule has 0 N–H and O–H groups in total. The van der Waals surface area contributed by atoms with Crippen molar-refractivity contribution in [2.75, 3.05) is 39.8 Å². The van der Waals surface area contributed by atoms with E-state index in [-0.39, 0.29) is 11.8 Å². The van der Waals surface area contributed by atoms with Gasteiger partial charge in [-0.25, -0.2) is 0 Å². The highest BCUT2D eigenvalue weighted by Crippen LogP contribution is 2.31. The van der Waals surface area contributed by atoms with Crippen molar-refractivity contribution in [1.82, 2.24) is 24.8 Å². The molecule has 3 aromatic rings. The average Bonchev–Trinajstić information content (AvgIpc) is 3.56. The highest BCUT2D eigenvalue weighted by Gasteiger charge is 2.38. The quantitative estimate of drug-likeness (QED) is 0.477. The molecule has 2 aliphatic heterocycles. The number of hydrogen-bond acceptors (Lipinski definition) is 8. The van der Waals surface area contributed by atoms with E-state index in [9.17, 15) is 9.59 Å². The number of benzene rings is 2. The molecule has 2 aliphatic rings. The zero-order chi connectivity index (χ0) is 25.8. The Bertz CT molecular complexity index is 1270. The lowest BCUT2D eigenvalue weighted by Gasteiger charge is -2.33. The van der Waals surface area contributed by atoms with Crippen LogP contribution in [0.25, 0.3) is 11.1 Å². The van der Waals surface area contributed by atoms with Gasteiger partial charge in [0.2, 0.25) is 11.8 Å². The van der Waals surface area contributed by atoms with Gasteiger partial charge in [0.15, 0.2) is 5.82 Å². The Morgan fingerprint density at radius 3 is 2.41 bits per heavy atom. The summed E-state index contributed by atoms with van der Waals surface area (Å²) >= 11 is 0. The normalized spacial score (nSPS) is 19.4. The van der Waals surface area contributed by atoms with Crippen molar-refractivity contribution < 1.29 is 18.9 Å². The fourth-order valence-corrected chi connectivity index (χ4v) is 4.83. The van der Waals surface area contributed by atoms with Gasteiger partial charge >= 0.3 is 0 Å². The van der Waals surface area contributed by atoms with Gasteiger partial charge in [-0.2, -0.15) is 4.98 Å². The number of carbonyl (C=O) groups is 2. The monoisotopic (exact) mass is 502 g/mol. The summed E-state index contributed by atoms with van der Waals surface area (Å²) in [7, 11) is 1.49. The molecule has 0 radical (unpaired) electrons. The molecule has 2 amide bonds. The molecule has 1 aromatic heterocycles. The Labute approximate surface area is 215 Å². The predicted molar refractivity (Wildman–Crippen MR) is 137 cm³/mol. The number of amides is 2. The van der Waals surface area contributed by atoms with Crippen molar-refractivity contribution >= 4 is 17.5 Å². The Kier molecular flexibility index (Phi) is 7.27. The van der Waals surface area contributed by atoms with Crippen LogP contribution in [0.15, 0.2) is 64.3 Å². The summed E-state index contributed by atoms with van der Waals surface area (Å²) in [6.45, 7) is 5.27. The maximum absolute atomic E-state index is 13.5. The van der Waals surface area contributed by atoms with Gasteiger partial charge in [-0.05, 0) is 23.3 Å². The van der Waals surface area contributed by atoms with Gasteiger partial charge in [0.25, 0.3) is 5.91 Å². The third-order valence-corrected chi connectivity index (χ3v) is 6.84. The summed E-state index contributed by atoms with van der Waals surface area (Å²) in [6, 6.07) is 17.2. The first-order valence-electron chi connectivity index (χ1n) is 12.4. The SMILES string of the molecule is CO/N=C1\C[C@@H](c2noc(CN3CCN(C(C)=O)CC3)n2)N(C(=O)c2ccc(-c3ccccc3)cc2)C1. The standard InChI is InChI=1S/C27H30N6O4/c1-19(34)32-14-12-31(13-15-32)18-25-28-26(30-37-25)24-16-23(29-36-2)17-33(24)27(35)22-10-8-21(9-11-22)20-6-4-3-5-7-20/h3-11,24H,12-18H2,1-2H3/b29-23+/t24-/m0/s1. The van der Waals surface area contributed by atoms with E-state index in [0.29, 0.717) is 49.9 Å². The molecule has 2 fully saturated rings. The second kappa shape index (κ2) is 10.9. The lowest BCUT2D eigenvalue weighted by atomic mass is 10.0. The second-order valence-electron chi connectivity index (χ2n) is 9.26. The van der Waals surface area contributed by atoms with Crippen molar-refractivity contribution in [2.45, 2.75) is 25.9 Å². The first-order chi connectivity index (χ1) is 18.0. The van der Waals surface area contributed by atoms with Crippen LogP contribution in [0.2, 0.25) is 0 Å². The molecule has 0 bridgehead atoms. The van der Waals surface area contributed by atoms with E-state index in [0.717, 1.165) is 29.9 Å². The van der Waals surface area contributed by atoms with Crippen LogP contribution in [-0.2, 0) is 16.2 Å². The Hall–Kier alpha value is -4.05. The van der Waals surface area contributed by atoms with Crippen molar-refractivity contribution in [1.29, 1.82) is 0 Å². The number of hydrogen-bond donors (Lipinski definition) is 0. The summed E-state index contributed by atoms with van der Waals surface area (Å²) in [6.07, 6.45) is 0.470. The van der Waals surface area contributed by atoms with Gasteiger partial charge in [-0.15, -0.1) is 0 Å². The molecule has 2 saturated heterocycles. The lowest BCUT2D eigenvalue weighted by Crippen LogP contribution is -2.47. The molecule has 10 nitrogen and oxygen atoms in total. The van der Waals surface area contributed by atoms with Crippen LogP contribution in [0.3, 0.4) is 0 Å². The lowest BCUT2D eigenvalue weighted by molar-refractivity contribution is -0.130. The number of oxime groups is 1. The van der Waals surface area contributed by atoms with Gasteiger partial charge in [0.1, 0.15) is 13.2 Å². The number of piperazine rings is 1. The van der Waals surface area contributed by atoms with Crippen molar-refractivity contribution in [3.05, 3.63) is 71.9 Å². The van der Waals surface area contributed by atoms with E-state index in [1.807, 2.05) is 59.5 Å². The van der Waals surface area contributed by atoms with Gasteiger partial charge in [0, 0.05) is 45.1 Å². The van der Waals surface area contributed by atoms with Crippen LogP contribution in [-0.4, -0.2) is 82.2 Å². The van der Waals surface area contributed by atoms with Gasteiger partial charge in [-0.3, -0.25) is 14.5 Å².